The minimum absolute atomic E-state index is 0.236. The zero-order valence-electron chi connectivity index (χ0n) is 12.1. The van der Waals surface area contributed by atoms with Crippen molar-refractivity contribution < 1.29 is 19.1 Å². The zero-order valence-corrected chi connectivity index (χ0v) is 12.1. The summed E-state index contributed by atoms with van der Waals surface area (Å²) in [7, 11) is 0. The van der Waals surface area contributed by atoms with Crippen LogP contribution in [0, 0.1) is 11.8 Å². The van der Waals surface area contributed by atoms with Gasteiger partial charge in [-0.1, -0.05) is 0 Å². The van der Waals surface area contributed by atoms with Crippen molar-refractivity contribution in [1.82, 2.24) is 10.6 Å². The van der Waals surface area contributed by atoms with Crippen LogP contribution in [0.1, 0.15) is 38.5 Å². The van der Waals surface area contributed by atoms with Crippen LogP contribution in [0.4, 0.5) is 4.79 Å². The summed E-state index contributed by atoms with van der Waals surface area (Å²) in [5, 5.41) is 4.69. The van der Waals surface area contributed by atoms with E-state index in [-0.39, 0.29) is 12.3 Å². The average Bonchev–Trinajstić information content (AvgIpc) is 2.48. The van der Waals surface area contributed by atoms with E-state index < -0.39 is 18.0 Å². The van der Waals surface area contributed by atoms with Crippen molar-refractivity contribution >= 4 is 17.9 Å². The Morgan fingerprint density at radius 1 is 1.19 bits per heavy atom. The molecule has 21 heavy (non-hydrogen) atoms. The fraction of sp³-hybridized carbons (Fsp3) is 0.786. The topological polar surface area (TPSA) is 111 Å². The molecule has 3 amide bonds. The van der Waals surface area contributed by atoms with Gasteiger partial charge in [0.05, 0.1) is 6.61 Å². The lowest BCUT2D eigenvalue weighted by Gasteiger charge is -2.27. The van der Waals surface area contributed by atoms with E-state index in [1.807, 2.05) is 0 Å². The molecular weight excluding hydrogens is 274 g/mol. The average molecular weight is 297 g/mol. The third-order valence-electron chi connectivity index (χ3n) is 4.28. The van der Waals surface area contributed by atoms with Crippen LogP contribution in [0.3, 0.4) is 0 Å². The number of nitrogens with two attached hydrogens (primary N) is 1. The lowest BCUT2D eigenvalue weighted by atomic mass is 9.82. The fourth-order valence-electron chi connectivity index (χ4n) is 2.84. The predicted molar refractivity (Wildman–Crippen MR) is 75.2 cm³/mol. The van der Waals surface area contributed by atoms with Gasteiger partial charge in [0.25, 0.3) is 0 Å². The Kier molecular flexibility index (Phi) is 5.55. The summed E-state index contributed by atoms with van der Waals surface area (Å²) in [4.78, 5) is 34.2. The van der Waals surface area contributed by atoms with Gasteiger partial charge in [-0.25, -0.2) is 4.79 Å². The van der Waals surface area contributed by atoms with Gasteiger partial charge in [-0.2, -0.15) is 0 Å². The first kappa shape index (κ1) is 15.8. The van der Waals surface area contributed by atoms with Crippen molar-refractivity contribution in [3.8, 4) is 0 Å². The van der Waals surface area contributed by atoms with Gasteiger partial charge in [0.15, 0.2) is 0 Å². The molecule has 0 aromatic rings. The highest BCUT2D eigenvalue weighted by molar-refractivity contribution is 6.01. The zero-order chi connectivity index (χ0) is 15.2. The SMILES string of the molecule is NCC1CCC(COC(=O)NC2CCC(=O)NC2=O)CC1. The number of imide groups is 1. The molecule has 0 aromatic carbocycles. The van der Waals surface area contributed by atoms with Gasteiger partial charge < -0.3 is 15.8 Å². The van der Waals surface area contributed by atoms with Crippen LogP contribution in [0.15, 0.2) is 0 Å². The molecule has 0 spiro atoms. The quantitative estimate of drug-likeness (QED) is 0.646. The number of hydrogen-bond donors (Lipinski definition) is 3. The smallest absolute Gasteiger partial charge is 0.407 e. The van der Waals surface area contributed by atoms with E-state index in [2.05, 4.69) is 10.6 Å². The minimum Gasteiger partial charge on any atom is -0.449 e. The van der Waals surface area contributed by atoms with Crippen LogP contribution in [-0.4, -0.2) is 37.1 Å². The third-order valence-corrected chi connectivity index (χ3v) is 4.28. The Balaban J connectivity index is 1.66. The summed E-state index contributed by atoms with van der Waals surface area (Å²) in [6.07, 6.45) is 4.17. The molecule has 2 rings (SSSR count). The number of carbonyl (C=O) groups is 3. The first-order valence-electron chi connectivity index (χ1n) is 7.55. The lowest BCUT2D eigenvalue weighted by Crippen LogP contribution is -2.52. The normalized spacial score (nSPS) is 29.7. The molecule has 0 bridgehead atoms. The summed E-state index contributed by atoms with van der Waals surface area (Å²) in [5.74, 6) is 0.202. The number of alkyl carbamates (subject to hydrolysis) is 1. The molecular formula is C14H23N3O4. The van der Waals surface area contributed by atoms with Crippen molar-refractivity contribution in [2.24, 2.45) is 17.6 Å². The van der Waals surface area contributed by atoms with Crippen LogP contribution in [0.5, 0.6) is 0 Å². The maximum atomic E-state index is 11.7. The molecule has 2 aliphatic rings. The molecule has 1 saturated carbocycles. The van der Waals surface area contributed by atoms with Gasteiger partial charge in [0.2, 0.25) is 11.8 Å². The van der Waals surface area contributed by atoms with Crippen molar-refractivity contribution in [1.29, 1.82) is 0 Å². The Morgan fingerprint density at radius 3 is 2.48 bits per heavy atom. The van der Waals surface area contributed by atoms with Gasteiger partial charge >= 0.3 is 6.09 Å². The molecule has 7 heteroatoms. The van der Waals surface area contributed by atoms with Crippen molar-refractivity contribution in [3.05, 3.63) is 0 Å². The molecule has 1 aliphatic heterocycles. The van der Waals surface area contributed by atoms with E-state index in [1.54, 1.807) is 0 Å². The monoisotopic (exact) mass is 297 g/mol. The highest BCUT2D eigenvalue weighted by Gasteiger charge is 2.28. The van der Waals surface area contributed by atoms with Gasteiger partial charge in [0.1, 0.15) is 6.04 Å². The first-order valence-corrected chi connectivity index (χ1v) is 7.55. The second-order valence-corrected chi connectivity index (χ2v) is 5.87. The number of nitrogens with one attached hydrogen (secondary N) is 2. The van der Waals surface area contributed by atoms with Gasteiger partial charge in [0, 0.05) is 6.42 Å². The molecule has 1 unspecified atom stereocenters. The van der Waals surface area contributed by atoms with E-state index >= 15 is 0 Å². The number of amides is 3. The van der Waals surface area contributed by atoms with Crippen molar-refractivity contribution in [2.45, 2.75) is 44.6 Å². The largest absolute Gasteiger partial charge is 0.449 e. The van der Waals surface area contributed by atoms with Crippen LogP contribution < -0.4 is 16.4 Å². The molecule has 2 fully saturated rings. The third kappa shape index (κ3) is 4.70. The van der Waals surface area contributed by atoms with Gasteiger partial charge in [-0.15, -0.1) is 0 Å². The maximum absolute atomic E-state index is 11.7. The van der Waals surface area contributed by atoms with E-state index in [0.717, 1.165) is 32.2 Å². The Hall–Kier alpha value is -1.63. The standard InChI is InChI=1S/C14H23N3O4/c15-7-9-1-3-10(4-2-9)8-21-14(20)16-11-5-6-12(18)17-13(11)19/h9-11H,1-8,15H2,(H,16,20)(H,17,18,19). The lowest BCUT2D eigenvalue weighted by molar-refractivity contribution is -0.134. The Morgan fingerprint density at radius 2 is 1.86 bits per heavy atom. The summed E-state index contributed by atoms with van der Waals surface area (Å²) < 4.78 is 5.18. The van der Waals surface area contributed by atoms with Crippen LogP contribution >= 0.6 is 0 Å². The highest BCUT2D eigenvalue weighted by Crippen LogP contribution is 2.28. The molecule has 1 aliphatic carbocycles. The number of ether oxygens (including phenoxy) is 1. The van der Waals surface area contributed by atoms with Crippen molar-refractivity contribution in [3.63, 3.8) is 0 Å². The van der Waals surface area contributed by atoms with Crippen molar-refractivity contribution in [2.75, 3.05) is 13.2 Å². The molecule has 1 atom stereocenters. The fourth-order valence-corrected chi connectivity index (χ4v) is 2.84. The molecule has 118 valence electrons. The molecule has 0 aromatic heterocycles. The van der Waals surface area contributed by atoms with Gasteiger partial charge in [-0.3, -0.25) is 14.9 Å². The van der Waals surface area contributed by atoms with E-state index in [0.29, 0.717) is 24.9 Å². The molecule has 4 N–H and O–H groups in total. The minimum atomic E-state index is -0.678. The number of rotatable bonds is 4. The number of piperidine rings is 1. The van der Waals surface area contributed by atoms with Crippen LogP contribution in [-0.2, 0) is 14.3 Å². The molecule has 7 nitrogen and oxygen atoms in total. The molecule has 0 radical (unpaired) electrons. The summed E-state index contributed by atoms with van der Waals surface area (Å²) in [5.41, 5.74) is 5.64. The van der Waals surface area contributed by atoms with Crippen LogP contribution in [0.25, 0.3) is 0 Å². The second kappa shape index (κ2) is 7.40. The number of carbonyl (C=O) groups excluding carboxylic acids is 3. The molecule has 1 heterocycles. The maximum Gasteiger partial charge on any atom is 0.407 e. The summed E-state index contributed by atoms with van der Waals surface area (Å²) in [6.45, 7) is 1.10. The second-order valence-electron chi connectivity index (χ2n) is 5.87. The Bertz CT molecular complexity index is 405. The van der Waals surface area contributed by atoms with E-state index in [4.69, 9.17) is 10.5 Å². The van der Waals surface area contributed by atoms with Gasteiger partial charge in [-0.05, 0) is 50.5 Å². The number of hydrogen-bond acceptors (Lipinski definition) is 5. The first-order chi connectivity index (χ1) is 10.1. The highest BCUT2D eigenvalue weighted by atomic mass is 16.5. The van der Waals surface area contributed by atoms with E-state index in [9.17, 15) is 14.4 Å². The predicted octanol–water partition coefficient (Wildman–Crippen LogP) is 0.283. The Labute approximate surface area is 124 Å². The van der Waals surface area contributed by atoms with E-state index in [1.165, 1.54) is 0 Å². The summed E-state index contributed by atoms with van der Waals surface area (Å²) in [6, 6.07) is -0.678. The van der Waals surface area contributed by atoms with Crippen LogP contribution in [0.2, 0.25) is 0 Å². The molecule has 1 saturated heterocycles. The summed E-state index contributed by atoms with van der Waals surface area (Å²) >= 11 is 0.